The predicted molar refractivity (Wildman–Crippen MR) is 92.0 cm³/mol. The molecular weight excluding hydrogens is 382 g/mol. The van der Waals surface area contributed by atoms with Crippen molar-refractivity contribution in [2.45, 2.75) is 39.8 Å². The summed E-state index contributed by atoms with van der Waals surface area (Å²) in [5, 5.41) is 0. The van der Waals surface area contributed by atoms with Gasteiger partial charge in [0, 0.05) is 0 Å². The number of hydrogen-bond acceptors (Lipinski definition) is 0. The summed E-state index contributed by atoms with van der Waals surface area (Å²) < 4.78 is 0. The van der Waals surface area contributed by atoms with Crippen LogP contribution in [-0.4, -0.2) is 5.43 Å². The Kier molecular flexibility index (Phi) is 13.3. The fraction of sp³-hybridized carbons (Fsp3) is 0.375. The van der Waals surface area contributed by atoms with E-state index in [1.807, 2.05) is 30.3 Å². The Hall–Kier alpha value is 0.380. The molecule has 0 atom stereocenters. The van der Waals surface area contributed by atoms with Crippen molar-refractivity contribution in [2.24, 2.45) is 0 Å². The van der Waals surface area contributed by atoms with Crippen molar-refractivity contribution >= 4 is 22.5 Å². The van der Waals surface area contributed by atoms with Gasteiger partial charge in [-0.2, -0.15) is 47.5 Å². The summed E-state index contributed by atoms with van der Waals surface area (Å²) in [5.41, 5.74) is 2.80. The van der Waals surface area contributed by atoms with Crippen LogP contribution in [0.4, 0.5) is 0 Å². The zero-order valence-corrected chi connectivity index (χ0v) is 17.8. The summed E-state index contributed by atoms with van der Waals surface area (Å²) in [4.78, 5) is 0. The van der Waals surface area contributed by atoms with Crippen LogP contribution in [-0.2, 0) is 30.8 Å². The first-order valence-electron chi connectivity index (χ1n) is 6.91. The molecule has 0 N–H and O–H groups in total. The minimum Gasteiger partial charge on any atom is -0.214 e. The van der Waals surface area contributed by atoms with Crippen molar-refractivity contribution in [3.05, 3.63) is 59.7 Å². The Morgan fingerprint density at radius 2 is 1.35 bits per heavy atom. The number of rotatable bonds is 2. The Labute approximate surface area is 139 Å². The quantitative estimate of drug-likeness (QED) is 0.418. The van der Waals surface area contributed by atoms with Crippen molar-refractivity contribution in [3.63, 3.8) is 0 Å². The maximum Gasteiger partial charge on any atom is -0.172 e. The Balaban J connectivity index is 0.000000287. The SMILES string of the molecule is CCc1c[cH-]cc1CC.C[Si](C)=[Zr]([Cl])[Cl].c1cc[cH-]c1. The molecule has 0 fully saturated rings. The van der Waals surface area contributed by atoms with Crippen molar-refractivity contribution < 1.29 is 18.0 Å². The molecule has 0 radical (unpaired) electrons. The first-order valence-corrected chi connectivity index (χ1v) is 19.4. The largest absolute Gasteiger partial charge is 0.214 e. The van der Waals surface area contributed by atoms with Gasteiger partial charge in [-0.3, -0.25) is 0 Å². The number of hydrogen-bond donors (Lipinski definition) is 0. The normalized spacial score (nSPS) is 8.90. The first-order chi connectivity index (χ1) is 9.52. The third kappa shape index (κ3) is 10.2. The van der Waals surface area contributed by atoms with Crippen LogP contribution in [0.5, 0.6) is 0 Å². The Morgan fingerprint density at radius 3 is 1.55 bits per heavy atom. The van der Waals surface area contributed by atoms with Crippen LogP contribution in [0.15, 0.2) is 48.5 Å². The molecule has 2 aromatic rings. The third-order valence-corrected chi connectivity index (χ3v) is 22.4. The van der Waals surface area contributed by atoms with E-state index in [9.17, 15) is 0 Å². The Bertz CT molecular complexity index is 419. The molecule has 4 heteroatoms. The zero-order valence-electron chi connectivity index (χ0n) is 12.8. The molecule has 0 nitrogen and oxygen atoms in total. The maximum absolute atomic E-state index is 5.62. The van der Waals surface area contributed by atoms with Gasteiger partial charge in [0.2, 0.25) is 0 Å². The van der Waals surface area contributed by atoms with Gasteiger partial charge >= 0.3 is 53.5 Å². The van der Waals surface area contributed by atoms with Gasteiger partial charge in [0.05, 0.1) is 0 Å². The van der Waals surface area contributed by atoms with Crippen molar-refractivity contribution in [2.75, 3.05) is 0 Å². The van der Waals surface area contributed by atoms with Crippen LogP contribution >= 0.6 is 17.0 Å². The molecule has 0 saturated carbocycles. The van der Waals surface area contributed by atoms with E-state index in [4.69, 9.17) is 17.0 Å². The van der Waals surface area contributed by atoms with E-state index in [2.05, 4.69) is 45.1 Å². The fourth-order valence-corrected chi connectivity index (χ4v) is 1.51. The summed E-state index contributed by atoms with van der Waals surface area (Å²) in [5.74, 6) is 0. The molecule has 2 aromatic carbocycles. The Morgan fingerprint density at radius 1 is 0.950 bits per heavy atom. The molecular formula is C16H24Cl2SiZr-2. The molecule has 20 heavy (non-hydrogen) atoms. The molecule has 0 heterocycles. The van der Waals surface area contributed by atoms with Gasteiger partial charge in [-0.1, -0.05) is 26.7 Å². The average Bonchev–Trinajstić information content (AvgIpc) is 3.13. The summed E-state index contributed by atoms with van der Waals surface area (Å²) in [6, 6.07) is 16.6. The molecule has 0 bridgehead atoms. The molecule has 2 rings (SSSR count). The second-order valence-electron chi connectivity index (χ2n) is 4.51. The molecule has 112 valence electrons. The molecule has 0 saturated heterocycles. The van der Waals surface area contributed by atoms with E-state index in [0.717, 1.165) is 0 Å². The maximum atomic E-state index is 5.62. The second kappa shape index (κ2) is 13.1. The summed E-state index contributed by atoms with van der Waals surface area (Å²) in [7, 11) is 11.2. The van der Waals surface area contributed by atoms with E-state index >= 15 is 0 Å². The predicted octanol–water partition coefficient (Wildman–Crippen LogP) is 6.10. The first kappa shape index (κ1) is 20.4. The van der Waals surface area contributed by atoms with E-state index in [1.165, 1.54) is 24.0 Å². The van der Waals surface area contributed by atoms with Gasteiger partial charge < -0.3 is 0 Å². The summed E-state index contributed by atoms with van der Waals surface area (Å²) >= 11 is -1.65. The van der Waals surface area contributed by atoms with E-state index in [0.29, 0.717) is 0 Å². The van der Waals surface area contributed by atoms with Crippen molar-refractivity contribution in [1.29, 1.82) is 0 Å². The second-order valence-corrected chi connectivity index (χ2v) is 27.5. The summed E-state index contributed by atoms with van der Waals surface area (Å²) in [6.45, 7) is 8.74. The van der Waals surface area contributed by atoms with Crippen LogP contribution in [0.3, 0.4) is 0 Å². The average molecular weight is 407 g/mol. The number of aryl methyl sites for hydroxylation is 2. The van der Waals surface area contributed by atoms with Crippen LogP contribution in [0.1, 0.15) is 25.0 Å². The standard InChI is InChI=1S/C9H13.C5H5.C2H6Si.2ClH.Zr/c1-3-8-6-5-7-9(8)4-2;1-2-4-5-3-1;1-3-2;;;/h5-7H,3-4H2,1-2H3;1-5H;1-2H3;2*1H;/q2*-1;;;;+2/p-2. The van der Waals surface area contributed by atoms with Gasteiger partial charge in [-0.25, -0.2) is 12.1 Å². The minimum atomic E-state index is -1.65. The molecule has 0 amide bonds. The van der Waals surface area contributed by atoms with Crippen molar-refractivity contribution in [1.82, 2.24) is 0 Å². The van der Waals surface area contributed by atoms with E-state index in [1.54, 1.807) is 0 Å². The van der Waals surface area contributed by atoms with Gasteiger partial charge in [0.1, 0.15) is 0 Å². The molecule has 0 aromatic heterocycles. The third-order valence-electron chi connectivity index (χ3n) is 2.70. The summed E-state index contributed by atoms with van der Waals surface area (Å²) in [6.07, 6.45) is 2.35. The van der Waals surface area contributed by atoms with E-state index in [-0.39, 0.29) is 5.43 Å². The molecule has 0 aliphatic rings. The zero-order chi connectivity index (χ0) is 15.4. The van der Waals surface area contributed by atoms with Crippen molar-refractivity contribution in [3.8, 4) is 0 Å². The molecule has 0 aliphatic heterocycles. The number of halogens is 2. The van der Waals surface area contributed by atoms with Gasteiger partial charge in [0.15, 0.2) is 0 Å². The van der Waals surface area contributed by atoms with Crippen LogP contribution in [0, 0.1) is 0 Å². The molecule has 0 spiro atoms. The van der Waals surface area contributed by atoms with Crippen LogP contribution in [0.2, 0.25) is 13.1 Å². The topological polar surface area (TPSA) is 0 Å². The van der Waals surface area contributed by atoms with Gasteiger partial charge in [0.25, 0.3) is 0 Å². The van der Waals surface area contributed by atoms with Crippen LogP contribution in [0.25, 0.3) is 0 Å². The van der Waals surface area contributed by atoms with E-state index < -0.39 is 18.0 Å². The fourth-order valence-electron chi connectivity index (χ4n) is 1.51. The molecule has 0 unspecified atom stereocenters. The molecule has 0 aliphatic carbocycles. The van der Waals surface area contributed by atoms with Gasteiger partial charge in [-0.05, 0) is 0 Å². The van der Waals surface area contributed by atoms with Gasteiger partial charge in [-0.15, -0.1) is 0 Å². The van der Waals surface area contributed by atoms with Crippen LogP contribution < -0.4 is 0 Å². The monoisotopic (exact) mass is 404 g/mol. The minimum absolute atomic E-state index is 0.224. The smallest absolute Gasteiger partial charge is 0.172 e.